The zero-order chi connectivity index (χ0) is 21.6. The van der Waals surface area contributed by atoms with Gasteiger partial charge in [0.15, 0.2) is 10.8 Å². The Balaban J connectivity index is 0.00000289. The van der Waals surface area contributed by atoms with Crippen molar-refractivity contribution in [2.45, 2.75) is 6.54 Å². The number of hydrogen-bond donors (Lipinski definition) is 4. The summed E-state index contributed by atoms with van der Waals surface area (Å²) in [6.07, 6.45) is 3.29. The molecule has 0 bridgehead atoms. The van der Waals surface area contributed by atoms with Crippen molar-refractivity contribution in [3.8, 4) is 0 Å². The average molecular weight is 474 g/mol. The molecule has 2 aromatic heterocycles. The first-order valence-corrected chi connectivity index (χ1v) is 10.7. The number of thiazole rings is 1. The number of nitrogens with two attached hydrogens (primary N) is 1. The molecule has 0 radical (unpaired) electrons. The van der Waals surface area contributed by atoms with E-state index < -0.39 is 5.91 Å². The highest BCUT2D eigenvalue weighted by atomic mass is 35.5. The van der Waals surface area contributed by atoms with Crippen LogP contribution in [0, 0.1) is 0 Å². The van der Waals surface area contributed by atoms with Gasteiger partial charge in [-0.1, -0.05) is 23.5 Å². The van der Waals surface area contributed by atoms with E-state index in [9.17, 15) is 9.59 Å². The topological polar surface area (TPSA) is 125 Å². The Labute approximate surface area is 195 Å². The fourth-order valence-corrected chi connectivity index (χ4v) is 4.14. The predicted molar refractivity (Wildman–Crippen MR) is 128 cm³/mol. The Hall–Kier alpha value is -3.05. The normalized spacial score (nSPS) is 13.8. The monoisotopic (exact) mass is 473 g/mol. The van der Waals surface area contributed by atoms with Crippen LogP contribution in [0.25, 0.3) is 0 Å². The lowest BCUT2D eigenvalue weighted by Crippen LogP contribution is -2.42. The molecule has 0 saturated carbocycles. The second-order valence-electron chi connectivity index (χ2n) is 7.10. The Morgan fingerprint density at radius 1 is 1.16 bits per heavy atom. The van der Waals surface area contributed by atoms with Crippen molar-refractivity contribution in [2.75, 3.05) is 36.8 Å². The fraction of sp³-hybridized carbons (Fsp3) is 0.238. The first kappa shape index (κ1) is 23.6. The molecule has 11 heteroatoms. The van der Waals surface area contributed by atoms with Crippen LogP contribution < -0.4 is 21.7 Å². The molecule has 3 heterocycles. The number of halogens is 1. The predicted octanol–water partition coefficient (Wildman–Crippen LogP) is 2.46. The number of pyridine rings is 1. The van der Waals surface area contributed by atoms with Crippen molar-refractivity contribution >= 4 is 51.4 Å². The Kier molecular flexibility index (Phi) is 8.12. The quantitative estimate of drug-likeness (QED) is 0.415. The van der Waals surface area contributed by atoms with Gasteiger partial charge in [-0.25, -0.2) is 4.98 Å². The highest BCUT2D eigenvalue weighted by Gasteiger charge is 2.19. The highest BCUT2D eigenvalue weighted by Crippen LogP contribution is 2.30. The van der Waals surface area contributed by atoms with E-state index in [4.69, 9.17) is 5.73 Å². The molecule has 1 aliphatic heterocycles. The first-order valence-electron chi connectivity index (χ1n) is 9.89. The average Bonchev–Trinajstić information content (AvgIpc) is 3.18. The molecule has 0 aliphatic carbocycles. The number of benzene rings is 1. The minimum absolute atomic E-state index is 0. The molecule has 0 unspecified atom stereocenters. The van der Waals surface area contributed by atoms with Crippen molar-refractivity contribution in [3.05, 3.63) is 65.6 Å². The number of rotatable bonds is 7. The number of nitrogens with zero attached hydrogens (tertiary/aromatic N) is 3. The maximum Gasteiger partial charge on any atom is 0.270 e. The summed E-state index contributed by atoms with van der Waals surface area (Å²) >= 11 is 1.14. The van der Waals surface area contributed by atoms with Gasteiger partial charge in [0.25, 0.3) is 11.8 Å². The standard InChI is InChI=1S/C21H23N7O2S.ClH/c22-18(29)17-20(31-21(26-17)25-16-2-1-7-24-12-16)27-19(30)15-5-3-14(4-6-15)13-28-10-8-23-9-11-28;/h1-7,12,23H,8-11,13H2,(H2,22,29)(H,25,26)(H,27,30);1H. The van der Waals surface area contributed by atoms with Gasteiger partial charge in [-0.05, 0) is 29.8 Å². The third-order valence-electron chi connectivity index (χ3n) is 4.83. The summed E-state index contributed by atoms with van der Waals surface area (Å²) in [5.74, 6) is -1.04. The Bertz CT molecular complexity index is 1050. The van der Waals surface area contributed by atoms with E-state index in [-0.39, 0.29) is 24.0 Å². The van der Waals surface area contributed by atoms with Crippen molar-refractivity contribution < 1.29 is 9.59 Å². The highest BCUT2D eigenvalue weighted by molar-refractivity contribution is 7.20. The maximum atomic E-state index is 12.7. The Morgan fingerprint density at radius 3 is 2.56 bits per heavy atom. The minimum atomic E-state index is -0.711. The molecule has 32 heavy (non-hydrogen) atoms. The van der Waals surface area contributed by atoms with Gasteiger partial charge >= 0.3 is 0 Å². The number of hydrogen-bond acceptors (Lipinski definition) is 8. The molecule has 0 atom stereocenters. The van der Waals surface area contributed by atoms with Gasteiger partial charge in [0.2, 0.25) is 0 Å². The number of nitrogens with one attached hydrogen (secondary N) is 3. The van der Waals surface area contributed by atoms with Gasteiger partial charge in [0.05, 0.1) is 11.9 Å². The van der Waals surface area contributed by atoms with E-state index in [2.05, 4.69) is 30.8 Å². The summed E-state index contributed by atoms with van der Waals surface area (Å²) in [5, 5.41) is 9.88. The van der Waals surface area contributed by atoms with Gasteiger partial charge in [-0.3, -0.25) is 19.5 Å². The maximum absolute atomic E-state index is 12.7. The summed E-state index contributed by atoms with van der Waals surface area (Å²) < 4.78 is 0. The largest absolute Gasteiger partial charge is 0.364 e. The molecule has 168 valence electrons. The van der Waals surface area contributed by atoms with E-state index in [1.54, 1.807) is 30.6 Å². The van der Waals surface area contributed by atoms with Crippen molar-refractivity contribution in [2.24, 2.45) is 5.73 Å². The summed E-state index contributed by atoms with van der Waals surface area (Å²) in [7, 11) is 0. The number of carbonyl (C=O) groups is 2. The van der Waals surface area contributed by atoms with Crippen LogP contribution in [0.4, 0.5) is 15.8 Å². The Morgan fingerprint density at radius 2 is 1.91 bits per heavy atom. The van der Waals surface area contributed by atoms with Gasteiger partial charge in [-0.15, -0.1) is 12.4 Å². The molecule has 1 fully saturated rings. The summed E-state index contributed by atoms with van der Waals surface area (Å²) in [6.45, 7) is 4.87. The van der Waals surface area contributed by atoms with Gasteiger partial charge in [0.1, 0.15) is 5.00 Å². The lowest BCUT2D eigenvalue weighted by molar-refractivity contribution is 0.0997. The molecule has 3 aromatic rings. The summed E-state index contributed by atoms with van der Waals surface area (Å²) in [4.78, 5) is 35.1. The molecular weight excluding hydrogens is 450 g/mol. The molecule has 0 spiro atoms. The number of aromatic nitrogens is 2. The van der Waals surface area contributed by atoms with Crippen LogP contribution in [0.5, 0.6) is 0 Å². The minimum Gasteiger partial charge on any atom is -0.364 e. The molecule has 9 nitrogen and oxygen atoms in total. The molecular formula is C21H24ClN7O2S. The van der Waals surface area contributed by atoms with Crippen molar-refractivity contribution in [3.63, 3.8) is 0 Å². The second kappa shape index (κ2) is 11.0. The molecule has 1 aromatic carbocycles. The first-order chi connectivity index (χ1) is 15.1. The van der Waals surface area contributed by atoms with Crippen molar-refractivity contribution in [1.29, 1.82) is 0 Å². The van der Waals surface area contributed by atoms with Gasteiger partial charge in [0, 0.05) is 44.5 Å². The van der Waals surface area contributed by atoms with Crippen molar-refractivity contribution in [1.82, 2.24) is 20.2 Å². The van der Waals surface area contributed by atoms with E-state index in [1.807, 2.05) is 18.2 Å². The number of anilines is 3. The van der Waals surface area contributed by atoms with Crippen LogP contribution in [0.15, 0.2) is 48.8 Å². The van der Waals surface area contributed by atoms with Gasteiger partial charge < -0.3 is 21.7 Å². The van der Waals surface area contributed by atoms with E-state index in [0.717, 1.165) is 49.6 Å². The number of carbonyl (C=O) groups excluding carboxylic acids is 2. The number of piperazine rings is 1. The molecule has 1 saturated heterocycles. The van der Waals surface area contributed by atoms with Crippen LogP contribution >= 0.6 is 23.7 Å². The molecule has 4 rings (SSSR count). The SMILES string of the molecule is Cl.NC(=O)c1nc(Nc2cccnc2)sc1NC(=O)c1ccc(CN2CCNCC2)cc1. The number of primary amides is 1. The van der Waals surface area contributed by atoms with Crippen LogP contribution in [0.3, 0.4) is 0 Å². The lowest BCUT2D eigenvalue weighted by Gasteiger charge is -2.27. The molecule has 5 N–H and O–H groups in total. The zero-order valence-electron chi connectivity index (χ0n) is 17.2. The third kappa shape index (κ3) is 6.01. The summed E-state index contributed by atoms with van der Waals surface area (Å²) in [5.41, 5.74) is 7.82. The number of amides is 2. The molecule has 2 amide bonds. The zero-order valence-corrected chi connectivity index (χ0v) is 18.8. The third-order valence-corrected chi connectivity index (χ3v) is 5.72. The van der Waals surface area contributed by atoms with Gasteiger partial charge in [-0.2, -0.15) is 0 Å². The van der Waals surface area contributed by atoms with Crippen LogP contribution in [0.2, 0.25) is 0 Å². The lowest BCUT2D eigenvalue weighted by atomic mass is 10.1. The van der Waals surface area contributed by atoms with Crippen LogP contribution in [-0.2, 0) is 6.54 Å². The fourth-order valence-electron chi connectivity index (χ4n) is 3.25. The van der Waals surface area contributed by atoms with E-state index >= 15 is 0 Å². The smallest absolute Gasteiger partial charge is 0.270 e. The second-order valence-corrected chi connectivity index (χ2v) is 8.10. The van der Waals surface area contributed by atoms with Crippen LogP contribution in [0.1, 0.15) is 26.4 Å². The van der Waals surface area contributed by atoms with E-state index in [1.165, 1.54) is 0 Å². The summed E-state index contributed by atoms with van der Waals surface area (Å²) in [6, 6.07) is 11.1. The van der Waals surface area contributed by atoms with Crippen LogP contribution in [-0.4, -0.2) is 52.9 Å². The van der Waals surface area contributed by atoms with E-state index in [0.29, 0.717) is 21.4 Å². The molecule has 1 aliphatic rings.